The first-order valence-corrected chi connectivity index (χ1v) is 9.99. The molecule has 0 spiro atoms. The van der Waals surface area contributed by atoms with E-state index in [0.717, 1.165) is 37.7 Å². The summed E-state index contributed by atoms with van der Waals surface area (Å²) >= 11 is 0. The molecule has 24 heavy (non-hydrogen) atoms. The fourth-order valence-corrected chi connectivity index (χ4v) is 3.61. The molecule has 2 N–H and O–H groups in total. The average Bonchev–Trinajstić information content (AvgIpc) is 2.59. The van der Waals surface area contributed by atoms with Crippen LogP contribution in [-0.4, -0.2) is 37.6 Å². The van der Waals surface area contributed by atoms with E-state index in [2.05, 4.69) is 48.8 Å². The van der Waals surface area contributed by atoms with E-state index in [1.807, 2.05) is 0 Å². The molecule has 1 heterocycles. The molecule has 1 saturated heterocycles. The molecule has 0 amide bonds. The Kier molecular flexibility index (Phi) is 7.90. The molecule has 0 bridgehead atoms. The summed E-state index contributed by atoms with van der Waals surface area (Å²) in [5, 5.41) is 0. The lowest BCUT2D eigenvalue weighted by Crippen LogP contribution is -2.33. The van der Waals surface area contributed by atoms with Crippen molar-refractivity contribution in [1.82, 2.24) is 4.90 Å². The molecule has 0 aliphatic carbocycles. The number of hydrogen-bond donors (Lipinski definition) is 1. The molecule has 3 heteroatoms. The zero-order chi connectivity index (χ0) is 17.4. The Balaban J connectivity index is 1.83. The molecule has 1 aliphatic rings. The van der Waals surface area contributed by atoms with Crippen LogP contribution in [0.15, 0.2) is 18.2 Å². The standard InChI is InChI=1S/C21H37N3/c1-4-6-13-23(5-2)14-7-8-19-9-10-21(20(22)17-19)24-15-11-18(3)12-16-24/h9-10,17-18H,4-8,11-16,22H2,1-3H3. The predicted octanol–water partition coefficient (Wildman–Crippen LogP) is 4.56. The molecular formula is C21H37N3. The highest BCUT2D eigenvalue weighted by molar-refractivity contribution is 5.68. The van der Waals surface area contributed by atoms with Crippen LogP contribution in [0.25, 0.3) is 0 Å². The van der Waals surface area contributed by atoms with Crippen molar-refractivity contribution in [2.24, 2.45) is 5.92 Å². The number of unbranched alkanes of at least 4 members (excludes halogenated alkanes) is 1. The number of rotatable bonds is 9. The second kappa shape index (κ2) is 9.93. The van der Waals surface area contributed by atoms with Gasteiger partial charge >= 0.3 is 0 Å². The van der Waals surface area contributed by atoms with Gasteiger partial charge in [-0.2, -0.15) is 0 Å². The highest BCUT2D eigenvalue weighted by Gasteiger charge is 2.17. The Bertz CT molecular complexity index is 478. The monoisotopic (exact) mass is 331 g/mol. The Morgan fingerprint density at radius 2 is 1.83 bits per heavy atom. The van der Waals surface area contributed by atoms with Crippen LogP contribution in [0.3, 0.4) is 0 Å². The van der Waals surface area contributed by atoms with Crippen LogP contribution < -0.4 is 10.6 Å². The molecule has 0 unspecified atom stereocenters. The van der Waals surface area contributed by atoms with Crippen LogP contribution in [0.5, 0.6) is 0 Å². The quantitative estimate of drug-likeness (QED) is 0.673. The van der Waals surface area contributed by atoms with Gasteiger partial charge in [0.15, 0.2) is 0 Å². The van der Waals surface area contributed by atoms with E-state index < -0.39 is 0 Å². The lowest BCUT2D eigenvalue weighted by molar-refractivity contribution is 0.280. The second-order valence-electron chi connectivity index (χ2n) is 7.45. The van der Waals surface area contributed by atoms with E-state index in [9.17, 15) is 0 Å². The maximum atomic E-state index is 6.36. The minimum atomic E-state index is 0.857. The summed E-state index contributed by atoms with van der Waals surface area (Å²) in [6.07, 6.45) is 7.51. The highest BCUT2D eigenvalue weighted by Crippen LogP contribution is 2.29. The smallest absolute Gasteiger partial charge is 0.0600 e. The predicted molar refractivity (Wildman–Crippen MR) is 107 cm³/mol. The first kappa shape index (κ1) is 19.1. The van der Waals surface area contributed by atoms with Crippen LogP contribution in [-0.2, 0) is 6.42 Å². The summed E-state index contributed by atoms with van der Waals surface area (Å²) in [6, 6.07) is 6.73. The molecule has 1 aliphatic heterocycles. The number of nitrogen functional groups attached to an aromatic ring is 1. The third-order valence-corrected chi connectivity index (χ3v) is 5.43. The van der Waals surface area contributed by atoms with Gasteiger partial charge in [0.25, 0.3) is 0 Å². The van der Waals surface area contributed by atoms with Gasteiger partial charge in [-0.15, -0.1) is 0 Å². The lowest BCUT2D eigenvalue weighted by atomic mass is 9.98. The Morgan fingerprint density at radius 1 is 1.12 bits per heavy atom. The molecular weight excluding hydrogens is 294 g/mol. The summed E-state index contributed by atoms with van der Waals surface area (Å²) in [5.74, 6) is 0.857. The van der Waals surface area contributed by atoms with Crippen LogP contribution in [0.1, 0.15) is 58.4 Å². The molecule has 3 nitrogen and oxygen atoms in total. The Labute approximate surface area is 149 Å². The number of benzene rings is 1. The van der Waals surface area contributed by atoms with Crippen molar-refractivity contribution in [3.63, 3.8) is 0 Å². The minimum Gasteiger partial charge on any atom is -0.397 e. The molecule has 0 atom stereocenters. The van der Waals surface area contributed by atoms with Crippen LogP contribution >= 0.6 is 0 Å². The molecule has 2 rings (SSSR count). The van der Waals surface area contributed by atoms with Gasteiger partial charge in [0.05, 0.1) is 11.4 Å². The van der Waals surface area contributed by atoms with Gasteiger partial charge in [-0.25, -0.2) is 0 Å². The van der Waals surface area contributed by atoms with Crippen LogP contribution in [0.2, 0.25) is 0 Å². The third kappa shape index (κ3) is 5.70. The maximum absolute atomic E-state index is 6.36. The molecule has 1 aromatic rings. The number of anilines is 2. The largest absolute Gasteiger partial charge is 0.397 e. The van der Waals surface area contributed by atoms with Crippen LogP contribution in [0, 0.1) is 5.92 Å². The fourth-order valence-electron chi connectivity index (χ4n) is 3.61. The number of aryl methyl sites for hydroxylation is 1. The van der Waals surface area contributed by atoms with Gasteiger partial charge in [-0.1, -0.05) is 33.3 Å². The summed E-state index contributed by atoms with van der Waals surface area (Å²) in [5.41, 5.74) is 9.94. The zero-order valence-corrected chi connectivity index (χ0v) is 16.1. The maximum Gasteiger partial charge on any atom is 0.0600 e. The van der Waals surface area contributed by atoms with E-state index in [0.29, 0.717) is 0 Å². The van der Waals surface area contributed by atoms with E-state index in [-0.39, 0.29) is 0 Å². The normalized spacial score (nSPS) is 16.1. The molecule has 1 aromatic carbocycles. The summed E-state index contributed by atoms with van der Waals surface area (Å²) in [4.78, 5) is 5.03. The van der Waals surface area contributed by atoms with Gasteiger partial charge < -0.3 is 15.5 Å². The third-order valence-electron chi connectivity index (χ3n) is 5.43. The average molecular weight is 332 g/mol. The minimum absolute atomic E-state index is 0.857. The van der Waals surface area contributed by atoms with Crippen molar-refractivity contribution in [3.8, 4) is 0 Å². The molecule has 1 fully saturated rings. The van der Waals surface area contributed by atoms with Gasteiger partial charge in [0.2, 0.25) is 0 Å². The van der Waals surface area contributed by atoms with E-state index in [1.54, 1.807) is 0 Å². The van der Waals surface area contributed by atoms with Gasteiger partial charge in [0, 0.05) is 13.1 Å². The van der Waals surface area contributed by atoms with Crippen molar-refractivity contribution in [2.45, 2.75) is 59.3 Å². The molecule has 0 saturated carbocycles. The fraction of sp³-hybridized carbons (Fsp3) is 0.714. The van der Waals surface area contributed by atoms with Gasteiger partial charge in [-0.3, -0.25) is 0 Å². The number of hydrogen-bond acceptors (Lipinski definition) is 3. The summed E-state index contributed by atoms with van der Waals surface area (Å²) in [7, 11) is 0. The van der Waals surface area contributed by atoms with Crippen molar-refractivity contribution in [3.05, 3.63) is 23.8 Å². The van der Waals surface area contributed by atoms with Gasteiger partial charge in [0.1, 0.15) is 0 Å². The SMILES string of the molecule is CCCCN(CC)CCCc1ccc(N2CCC(C)CC2)c(N)c1. The molecule has 0 radical (unpaired) electrons. The molecule has 0 aromatic heterocycles. The Hall–Kier alpha value is -1.22. The first-order chi connectivity index (χ1) is 11.6. The Morgan fingerprint density at radius 3 is 2.46 bits per heavy atom. The number of piperidine rings is 1. The summed E-state index contributed by atoms with van der Waals surface area (Å²) < 4.78 is 0. The summed E-state index contributed by atoms with van der Waals surface area (Å²) in [6.45, 7) is 12.8. The number of nitrogens with zero attached hydrogens (tertiary/aromatic N) is 2. The topological polar surface area (TPSA) is 32.5 Å². The van der Waals surface area contributed by atoms with E-state index in [4.69, 9.17) is 5.73 Å². The van der Waals surface area contributed by atoms with E-state index in [1.165, 1.54) is 56.4 Å². The van der Waals surface area contributed by atoms with Crippen LogP contribution in [0.4, 0.5) is 11.4 Å². The lowest BCUT2D eigenvalue weighted by Gasteiger charge is -2.33. The van der Waals surface area contributed by atoms with Crippen molar-refractivity contribution in [2.75, 3.05) is 43.4 Å². The van der Waals surface area contributed by atoms with Crippen molar-refractivity contribution >= 4 is 11.4 Å². The van der Waals surface area contributed by atoms with Crippen molar-refractivity contribution < 1.29 is 0 Å². The van der Waals surface area contributed by atoms with Gasteiger partial charge in [-0.05, 0) is 75.4 Å². The number of nitrogens with two attached hydrogens (primary N) is 1. The van der Waals surface area contributed by atoms with Crippen molar-refractivity contribution in [1.29, 1.82) is 0 Å². The zero-order valence-electron chi connectivity index (χ0n) is 16.1. The molecule has 136 valence electrons. The highest BCUT2D eigenvalue weighted by atomic mass is 15.1. The second-order valence-corrected chi connectivity index (χ2v) is 7.45. The first-order valence-electron chi connectivity index (χ1n) is 9.99. The van der Waals surface area contributed by atoms with E-state index >= 15 is 0 Å².